The van der Waals surface area contributed by atoms with Gasteiger partial charge in [-0.1, -0.05) is 0 Å². The zero-order valence-corrected chi connectivity index (χ0v) is 10.1. The standard InChI is InChI=1S/C9H15PTe/c1-4-7-10(11,8-5-2)9-6-3/h4-6H,1-3,7-9H2. The Kier molecular flexibility index (Phi) is 6.25. The van der Waals surface area contributed by atoms with Gasteiger partial charge in [0, 0.05) is 0 Å². The first-order chi connectivity index (χ1) is 5.18. The summed E-state index contributed by atoms with van der Waals surface area (Å²) in [5.74, 6) is 0. The zero-order valence-electron chi connectivity index (χ0n) is 6.83. The SMILES string of the molecule is C=CCP(=[Te])(CC=C)CC=C. The molecule has 0 saturated heterocycles. The van der Waals surface area contributed by atoms with Gasteiger partial charge in [-0.25, -0.2) is 0 Å². The molecule has 0 unspecified atom stereocenters. The summed E-state index contributed by atoms with van der Waals surface area (Å²) in [5, 5.41) is 0. The molecular formula is C9H15PTe. The molecule has 0 saturated carbocycles. The molecule has 0 N–H and O–H groups in total. The number of hydrogen-bond donors (Lipinski definition) is 0. The molecular weight excluding hydrogens is 267 g/mol. The molecule has 0 heterocycles. The summed E-state index contributed by atoms with van der Waals surface area (Å²) in [6, 6.07) is 0. The topological polar surface area (TPSA) is 0 Å². The summed E-state index contributed by atoms with van der Waals surface area (Å²) in [7, 11) is 0. The summed E-state index contributed by atoms with van der Waals surface area (Å²) >= 11 is 2.27. The molecule has 0 amide bonds. The summed E-state index contributed by atoms with van der Waals surface area (Å²) in [6.07, 6.45) is 9.50. The Balaban J connectivity index is 4.22. The Morgan fingerprint density at radius 3 is 1.36 bits per heavy atom. The van der Waals surface area contributed by atoms with E-state index in [1.54, 1.807) is 0 Å². The van der Waals surface area contributed by atoms with Crippen LogP contribution in [0.2, 0.25) is 0 Å². The van der Waals surface area contributed by atoms with E-state index in [0.717, 1.165) is 18.5 Å². The van der Waals surface area contributed by atoms with Gasteiger partial charge in [0.25, 0.3) is 0 Å². The van der Waals surface area contributed by atoms with Crippen molar-refractivity contribution in [1.29, 1.82) is 0 Å². The van der Waals surface area contributed by atoms with Gasteiger partial charge in [0.05, 0.1) is 0 Å². The first-order valence-electron chi connectivity index (χ1n) is 3.58. The van der Waals surface area contributed by atoms with Gasteiger partial charge in [-0.15, -0.1) is 0 Å². The van der Waals surface area contributed by atoms with Crippen molar-refractivity contribution in [3.05, 3.63) is 38.0 Å². The number of rotatable bonds is 6. The molecule has 0 aromatic rings. The van der Waals surface area contributed by atoms with Crippen LogP contribution in [0.15, 0.2) is 38.0 Å². The van der Waals surface area contributed by atoms with Gasteiger partial charge in [-0.3, -0.25) is 0 Å². The summed E-state index contributed by atoms with van der Waals surface area (Å²) in [5.41, 5.74) is 0. The molecule has 0 aromatic carbocycles. The van der Waals surface area contributed by atoms with Crippen LogP contribution in [0.25, 0.3) is 0 Å². The van der Waals surface area contributed by atoms with Gasteiger partial charge in [-0.05, 0) is 0 Å². The molecule has 0 nitrogen and oxygen atoms in total. The maximum atomic E-state index is 3.77. The van der Waals surface area contributed by atoms with Crippen molar-refractivity contribution in [1.82, 2.24) is 0 Å². The molecule has 0 aliphatic heterocycles. The molecule has 62 valence electrons. The third-order valence-corrected chi connectivity index (χ3v) is 7.99. The molecule has 0 rings (SSSR count). The predicted octanol–water partition coefficient (Wildman–Crippen LogP) is 2.65. The van der Waals surface area contributed by atoms with E-state index in [9.17, 15) is 0 Å². The molecule has 0 spiro atoms. The van der Waals surface area contributed by atoms with Gasteiger partial charge >= 0.3 is 82.2 Å². The fourth-order valence-corrected chi connectivity index (χ4v) is 5.50. The van der Waals surface area contributed by atoms with Crippen LogP contribution >= 0.6 is 4.49 Å². The van der Waals surface area contributed by atoms with Crippen LogP contribution in [0, 0.1) is 0 Å². The monoisotopic (exact) mass is 284 g/mol. The van der Waals surface area contributed by atoms with Crippen LogP contribution in [0.1, 0.15) is 0 Å². The van der Waals surface area contributed by atoms with Gasteiger partial charge in [0.2, 0.25) is 0 Å². The van der Waals surface area contributed by atoms with E-state index in [1.165, 1.54) is 0 Å². The molecule has 0 aliphatic carbocycles. The Morgan fingerprint density at radius 2 is 1.18 bits per heavy atom. The van der Waals surface area contributed by atoms with Crippen molar-refractivity contribution in [3.63, 3.8) is 0 Å². The second-order valence-corrected chi connectivity index (χ2v) is 12.3. The molecule has 0 aliphatic rings. The average Bonchev–Trinajstić information content (AvgIpc) is 1.88. The summed E-state index contributed by atoms with van der Waals surface area (Å²) in [4.78, 5) is 0. The Labute approximate surface area is 82.1 Å². The van der Waals surface area contributed by atoms with Crippen molar-refractivity contribution in [3.8, 4) is 0 Å². The van der Waals surface area contributed by atoms with E-state index in [-0.39, 0.29) is 0 Å². The molecule has 0 fully saturated rings. The zero-order chi connectivity index (χ0) is 8.74. The van der Waals surface area contributed by atoms with Crippen molar-refractivity contribution in [2.24, 2.45) is 0 Å². The van der Waals surface area contributed by atoms with Crippen LogP contribution < -0.4 is 0 Å². The minimum atomic E-state index is -0.813. The Morgan fingerprint density at radius 1 is 0.909 bits per heavy atom. The van der Waals surface area contributed by atoms with E-state index in [4.69, 9.17) is 0 Å². The van der Waals surface area contributed by atoms with E-state index in [2.05, 4.69) is 41.0 Å². The quantitative estimate of drug-likeness (QED) is 0.399. The predicted molar refractivity (Wildman–Crippen MR) is 57.9 cm³/mol. The second-order valence-electron chi connectivity index (χ2n) is 2.47. The van der Waals surface area contributed by atoms with Gasteiger partial charge in [0.1, 0.15) is 0 Å². The number of hydrogen-bond acceptors (Lipinski definition) is 0. The van der Waals surface area contributed by atoms with Crippen molar-refractivity contribution >= 4 is 25.7 Å². The fourth-order valence-electron chi connectivity index (χ4n) is 0.929. The van der Waals surface area contributed by atoms with Crippen LogP contribution in [-0.4, -0.2) is 39.7 Å². The Hall–Kier alpha value is 0.440. The van der Waals surface area contributed by atoms with Crippen LogP contribution in [0.3, 0.4) is 0 Å². The number of allylic oxidation sites excluding steroid dienone is 3. The van der Waals surface area contributed by atoms with Crippen LogP contribution in [-0.2, 0) is 0 Å². The van der Waals surface area contributed by atoms with Crippen molar-refractivity contribution < 1.29 is 0 Å². The molecule has 2 heteroatoms. The molecule has 11 heavy (non-hydrogen) atoms. The average molecular weight is 282 g/mol. The maximum absolute atomic E-state index is 3.77. The van der Waals surface area contributed by atoms with Gasteiger partial charge in [-0.2, -0.15) is 0 Å². The second kappa shape index (κ2) is 6.01. The Bertz CT molecular complexity index is 160. The first-order valence-corrected chi connectivity index (χ1v) is 8.97. The van der Waals surface area contributed by atoms with Crippen molar-refractivity contribution in [2.45, 2.75) is 0 Å². The van der Waals surface area contributed by atoms with E-state index < -0.39 is 4.49 Å². The fraction of sp³-hybridized carbons (Fsp3) is 0.333. The first kappa shape index (κ1) is 11.4. The van der Waals surface area contributed by atoms with Crippen LogP contribution in [0.5, 0.6) is 0 Å². The molecule has 0 aromatic heterocycles. The molecule has 0 atom stereocenters. The van der Waals surface area contributed by atoms with Gasteiger partial charge in [0.15, 0.2) is 0 Å². The van der Waals surface area contributed by atoms with Crippen molar-refractivity contribution in [2.75, 3.05) is 18.5 Å². The van der Waals surface area contributed by atoms with Gasteiger partial charge < -0.3 is 0 Å². The normalized spacial score (nSPS) is 10.5. The van der Waals surface area contributed by atoms with E-state index in [0.29, 0.717) is 0 Å². The molecule has 0 bridgehead atoms. The molecule has 0 radical (unpaired) electrons. The minimum absolute atomic E-state index is 0.813. The summed E-state index contributed by atoms with van der Waals surface area (Å²) in [6.45, 7) is 11.3. The summed E-state index contributed by atoms with van der Waals surface area (Å²) < 4.78 is -0.813. The van der Waals surface area contributed by atoms with Crippen LogP contribution in [0.4, 0.5) is 0 Å². The van der Waals surface area contributed by atoms with E-state index >= 15 is 0 Å². The third kappa shape index (κ3) is 4.81. The third-order valence-electron chi connectivity index (χ3n) is 1.39. The van der Waals surface area contributed by atoms with E-state index in [1.807, 2.05) is 18.2 Å².